The van der Waals surface area contributed by atoms with Gasteiger partial charge in [0.15, 0.2) is 0 Å². The van der Waals surface area contributed by atoms with E-state index >= 15 is 0 Å². The van der Waals surface area contributed by atoms with Gasteiger partial charge in [-0.25, -0.2) is 8.42 Å². The summed E-state index contributed by atoms with van der Waals surface area (Å²) >= 11 is 1.27. The summed E-state index contributed by atoms with van der Waals surface area (Å²) in [5.74, 6) is -0.202. The predicted octanol–water partition coefficient (Wildman–Crippen LogP) is 2.77. The zero-order chi connectivity index (χ0) is 19.4. The highest BCUT2D eigenvalue weighted by Crippen LogP contribution is 2.28. The van der Waals surface area contributed by atoms with Crippen LogP contribution in [-0.2, 0) is 14.8 Å². The summed E-state index contributed by atoms with van der Waals surface area (Å²) in [4.78, 5) is 17.6. The van der Waals surface area contributed by atoms with Crippen molar-refractivity contribution in [2.45, 2.75) is 36.8 Å². The highest BCUT2D eigenvalue weighted by atomic mass is 32.2. The number of nitrogens with one attached hydrogen (secondary N) is 1. The van der Waals surface area contributed by atoms with E-state index in [9.17, 15) is 13.2 Å². The van der Waals surface area contributed by atoms with E-state index in [0.29, 0.717) is 30.1 Å². The first-order chi connectivity index (χ1) is 12.9. The summed E-state index contributed by atoms with van der Waals surface area (Å²) in [6, 6.07) is 7.34. The molecule has 0 bridgehead atoms. The minimum absolute atomic E-state index is 0.0711. The van der Waals surface area contributed by atoms with Gasteiger partial charge >= 0.3 is 0 Å². The van der Waals surface area contributed by atoms with E-state index in [4.69, 9.17) is 0 Å². The molecule has 2 aromatic rings. The molecular formula is C19H25N3O3S2. The number of piperidine rings is 1. The molecule has 0 spiro atoms. The fourth-order valence-electron chi connectivity index (χ4n) is 3.26. The Bertz CT molecular complexity index is 881. The number of carbonyl (C=O) groups is 1. The maximum Gasteiger partial charge on any atom is 0.252 e. The summed E-state index contributed by atoms with van der Waals surface area (Å²) in [5.41, 5.74) is 1.12. The van der Waals surface area contributed by atoms with E-state index < -0.39 is 10.0 Å². The highest BCUT2D eigenvalue weighted by molar-refractivity contribution is 7.91. The molecule has 0 aromatic carbocycles. The van der Waals surface area contributed by atoms with Crippen molar-refractivity contribution in [3.05, 3.63) is 47.1 Å². The lowest BCUT2D eigenvalue weighted by atomic mass is 9.98. The van der Waals surface area contributed by atoms with Gasteiger partial charge in [0.1, 0.15) is 4.21 Å². The summed E-state index contributed by atoms with van der Waals surface area (Å²) in [7, 11) is -3.52. The van der Waals surface area contributed by atoms with Gasteiger partial charge in [0.25, 0.3) is 10.0 Å². The molecule has 0 aliphatic carbocycles. The average molecular weight is 408 g/mol. The molecule has 1 aliphatic heterocycles. The number of sulfonamides is 1. The molecule has 2 aromatic heterocycles. The van der Waals surface area contributed by atoms with Gasteiger partial charge < -0.3 is 5.32 Å². The third-order valence-corrected chi connectivity index (χ3v) is 8.26. The second-order valence-electron chi connectivity index (χ2n) is 6.99. The number of hydrogen-bond donors (Lipinski definition) is 1. The van der Waals surface area contributed by atoms with Crippen molar-refractivity contribution in [2.24, 2.45) is 5.92 Å². The number of aryl methyl sites for hydroxylation is 1. The zero-order valence-electron chi connectivity index (χ0n) is 15.6. The van der Waals surface area contributed by atoms with Crippen molar-refractivity contribution >= 4 is 27.3 Å². The molecule has 6 nitrogen and oxygen atoms in total. The topological polar surface area (TPSA) is 79.4 Å². The van der Waals surface area contributed by atoms with Crippen LogP contribution in [0.25, 0.3) is 0 Å². The molecule has 1 amide bonds. The van der Waals surface area contributed by atoms with Crippen LogP contribution in [-0.4, -0.2) is 43.2 Å². The van der Waals surface area contributed by atoms with Crippen LogP contribution < -0.4 is 5.32 Å². The van der Waals surface area contributed by atoms with Crippen molar-refractivity contribution in [3.63, 3.8) is 0 Å². The maximum absolute atomic E-state index is 12.8. The lowest BCUT2D eigenvalue weighted by molar-refractivity contribution is -0.126. The van der Waals surface area contributed by atoms with E-state index in [1.54, 1.807) is 18.5 Å². The second kappa shape index (κ2) is 8.50. The lowest BCUT2D eigenvalue weighted by Crippen LogP contribution is -2.45. The number of pyridine rings is 1. The monoisotopic (exact) mass is 407 g/mol. The largest absolute Gasteiger partial charge is 0.355 e. The van der Waals surface area contributed by atoms with E-state index in [2.05, 4.69) is 10.3 Å². The van der Waals surface area contributed by atoms with Gasteiger partial charge in [-0.05, 0) is 55.5 Å². The van der Waals surface area contributed by atoms with Crippen molar-refractivity contribution in [3.8, 4) is 0 Å². The number of thiophene rings is 1. The van der Waals surface area contributed by atoms with Crippen LogP contribution >= 0.6 is 11.3 Å². The van der Waals surface area contributed by atoms with Crippen LogP contribution in [0, 0.1) is 12.8 Å². The van der Waals surface area contributed by atoms with Crippen molar-refractivity contribution in [1.82, 2.24) is 14.6 Å². The Balaban J connectivity index is 1.59. The van der Waals surface area contributed by atoms with Crippen molar-refractivity contribution in [2.75, 3.05) is 19.6 Å². The van der Waals surface area contributed by atoms with Crippen LogP contribution in [0.3, 0.4) is 0 Å². The Hall–Kier alpha value is -1.77. The smallest absolute Gasteiger partial charge is 0.252 e. The molecule has 1 fully saturated rings. The third kappa shape index (κ3) is 4.75. The quantitative estimate of drug-likeness (QED) is 0.799. The molecule has 3 heterocycles. The standard InChI is InChI=1S/C19H25N3O3S2/c1-14(16-7-9-20-10-8-16)12-21-19(23)17-4-3-11-22(13-17)27(24,25)18-6-5-15(2)26-18/h5-10,14,17H,3-4,11-13H2,1-2H3,(H,21,23). The molecule has 1 aliphatic rings. The summed E-state index contributed by atoms with van der Waals surface area (Å²) in [5, 5.41) is 2.99. The van der Waals surface area contributed by atoms with E-state index in [1.165, 1.54) is 15.6 Å². The molecule has 1 N–H and O–H groups in total. The summed E-state index contributed by atoms with van der Waals surface area (Å²) < 4.78 is 27.4. The molecule has 1 saturated heterocycles. The van der Waals surface area contributed by atoms with Gasteiger partial charge in [-0.15, -0.1) is 11.3 Å². The Kier molecular flexibility index (Phi) is 6.29. The minimum atomic E-state index is -3.52. The lowest BCUT2D eigenvalue weighted by Gasteiger charge is -2.31. The Morgan fingerprint density at radius 3 is 2.74 bits per heavy atom. The van der Waals surface area contributed by atoms with Gasteiger partial charge in [0.05, 0.1) is 5.92 Å². The van der Waals surface area contributed by atoms with Crippen LogP contribution in [0.15, 0.2) is 40.9 Å². The first kappa shape index (κ1) is 20.0. The van der Waals surface area contributed by atoms with Gasteiger partial charge in [-0.1, -0.05) is 6.92 Å². The average Bonchev–Trinajstić information content (AvgIpc) is 3.14. The minimum Gasteiger partial charge on any atom is -0.355 e. The van der Waals surface area contributed by atoms with Gasteiger partial charge in [-0.2, -0.15) is 4.31 Å². The maximum atomic E-state index is 12.8. The molecule has 2 atom stereocenters. The molecule has 8 heteroatoms. The molecule has 0 saturated carbocycles. The molecule has 146 valence electrons. The fraction of sp³-hybridized carbons (Fsp3) is 0.474. The van der Waals surface area contributed by atoms with E-state index in [-0.39, 0.29) is 24.3 Å². The highest BCUT2D eigenvalue weighted by Gasteiger charge is 2.34. The molecule has 2 unspecified atom stereocenters. The van der Waals surface area contributed by atoms with Crippen LogP contribution in [0.5, 0.6) is 0 Å². The van der Waals surface area contributed by atoms with Crippen LogP contribution in [0.2, 0.25) is 0 Å². The molecular weight excluding hydrogens is 382 g/mol. The first-order valence-corrected chi connectivity index (χ1v) is 11.4. The number of nitrogens with zero attached hydrogens (tertiary/aromatic N) is 2. The summed E-state index contributed by atoms with van der Waals surface area (Å²) in [6.07, 6.45) is 4.89. The zero-order valence-corrected chi connectivity index (χ0v) is 17.2. The number of amides is 1. The molecule has 0 radical (unpaired) electrons. The number of aromatic nitrogens is 1. The Morgan fingerprint density at radius 1 is 1.33 bits per heavy atom. The second-order valence-corrected chi connectivity index (χ2v) is 10.4. The van der Waals surface area contributed by atoms with Gasteiger partial charge in [0, 0.05) is 36.9 Å². The third-order valence-electron chi connectivity index (χ3n) is 4.92. The SMILES string of the molecule is Cc1ccc(S(=O)(=O)N2CCCC(C(=O)NCC(C)c3ccncc3)C2)s1. The van der Waals surface area contributed by atoms with E-state index in [1.807, 2.05) is 32.0 Å². The Labute approximate surface area is 164 Å². The normalized spacial score (nSPS) is 19.6. The number of rotatable bonds is 6. The predicted molar refractivity (Wildman–Crippen MR) is 106 cm³/mol. The Morgan fingerprint density at radius 2 is 2.07 bits per heavy atom. The fourth-order valence-corrected chi connectivity index (χ4v) is 6.22. The van der Waals surface area contributed by atoms with Crippen molar-refractivity contribution < 1.29 is 13.2 Å². The summed E-state index contributed by atoms with van der Waals surface area (Å²) in [6.45, 7) is 5.17. The molecule has 3 rings (SSSR count). The van der Waals surface area contributed by atoms with Crippen molar-refractivity contribution in [1.29, 1.82) is 0 Å². The number of hydrogen-bond acceptors (Lipinski definition) is 5. The van der Waals surface area contributed by atoms with Crippen LogP contribution in [0.4, 0.5) is 0 Å². The molecule has 27 heavy (non-hydrogen) atoms. The first-order valence-electron chi connectivity index (χ1n) is 9.12. The van der Waals surface area contributed by atoms with Gasteiger partial charge in [0.2, 0.25) is 5.91 Å². The van der Waals surface area contributed by atoms with Crippen LogP contribution in [0.1, 0.15) is 36.1 Å². The number of carbonyl (C=O) groups excluding carboxylic acids is 1. The van der Waals surface area contributed by atoms with Gasteiger partial charge in [-0.3, -0.25) is 9.78 Å². The van der Waals surface area contributed by atoms with E-state index in [0.717, 1.165) is 10.4 Å².